The number of rotatable bonds is 19. The fourth-order valence-corrected chi connectivity index (χ4v) is 117. The standard InChI is InChI=1S/C46H84O12Si8.C33H63O12Si8.Pt.2Tl/c1-59(2,3)49-62(42-29-13-14-30-42)54-64(44-33-17-18-34-44)51-60(47,40-25-9-10-26-40)50-63(43-31-15-16-32-43)52-61(41-27-11-12-28-41,48-39-23-7-5-4-6-8-24-39)53-65(55-62,45-35-19-20-36-45)58-66(56-63,57-64)46-37-21-22-38-46;1-47(2,3)39-50(30-20-8-9-21-30)37-46-36-48(34,28-16-4-5-17-28)40-52(32-24-12-13-25-32)41-49(35,29-18-6-7-19-29)42-53(43-50,33-26-14-15-27-33)45-51(38-46,44-52)31-22-10-11-23-31;;;/h4-5,24,39-46H,6-23,25-38H2,1-3H3;28-33H,4-27H2,1-3H3;;;/q-2;-3;+2;;+1/b5-4-;;;;/t39-,60+,61-,62+,63+,64-,65+,66-;48-,49-,50-,51+,52+,53+;;;/m11.../s1. The van der Waals surface area contributed by atoms with Gasteiger partial charge in [-0.25, -0.2) is 0 Å². The second kappa shape index (κ2) is 40.5. The summed E-state index contributed by atoms with van der Waals surface area (Å²) in [6.07, 6.45) is 59.7. The summed E-state index contributed by atoms with van der Waals surface area (Å²) in [5.41, 5.74) is -1.40. The minimum Gasteiger partial charge on any atom is -0.819 e. The quantitative estimate of drug-likeness (QED) is 0.0661. The summed E-state index contributed by atoms with van der Waals surface area (Å²) in [5.74, 6) is 0. The van der Waals surface area contributed by atoms with Crippen molar-refractivity contribution in [1.82, 2.24) is 0 Å². The summed E-state index contributed by atoms with van der Waals surface area (Å²) in [5, 5.41) is 0. The summed E-state index contributed by atoms with van der Waals surface area (Å²) in [6, 6.07) is 0. The SMILES string of the molecule is C[Si](C)(C)O[Si@@]1(C2CCCC2)O[Si-]2O[Si@]([O-])(C3CCCC3)O[Si@@]3(C4CCCC4)O[Si@]([O-])(C4CCCC4)O[Si@](C4CCCC4)(O[Si@@](C4CCCC4)(O2)O3)O1.C[Si](C)(C)O[Si@@]1(C2CCCC2)O[Si@@]2(C3CCCC3)O[Si@]([O-])(C3CCCC3)O[Si@@]3(C4CCCC4)O[Si@](O[C@H]4[CH-]CC/C=C\CC4)(C4CCCC4)O[Si@@](C4CCCC4)(O1)O[Si@@](C1CCCC1)(O2)O3.[Pt+2].[Tl+].[Tl]. The van der Waals surface area contributed by atoms with E-state index in [1.165, 1.54) is 0 Å². The molecule has 0 aromatic heterocycles. The first-order valence-corrected chi connectivity index (χ1v) is 80.9. The fraction of sp³-hybridized carbons (Fsp3) is 0.962. The van der Waals surface area contributed by atoms with Crippen molar-refractivity contribution in [3.8, 4) is 0 Å². The molecule has 0 aromatic rings. The van der Waals surface area contributed by atoms with E-state index in [1.54, 1.807) is 0 Å². The Labute approximate surface area is 804 Å². The van der Waals surface area contributed by atoms with Crippen molar-refractivity contribution in [2.75, 3.05) is 0 Å². The maximum Gasteiger partial charge on any atom is 2.00 e. The van der Waals surface area contributed by atoms with Crippen molar-refractivity contribution in [2.24, 2.45) is 0 Å². The van der Waals surface area contributed by atoms with Gasteiger partial charge in [0.2, 0.25) is 26.4 Å². The molecule has 43 heteroatoms. The average Bonchev–Trinajstić information content (AvgIpc) is 0.980. The zero-order valence-electron chi connectivity index (χ0n) is 74.7. The molecular weight excluding hydrogens is 2390 g/mol. The molecule has 6 aliphatic heterocycles. The van der Waals surface area contributed by atoms with Crippen LogP contribution in [0.3, 0.4) is 0 Å². The van der Waals surface area contributed by atoms with Gasteiger partial charge in [-0.05, 0) is 229 Å². The molecule has 13 saturated carbocycles. The molecule has 0 aromatic carbocycles. The molecule has 0 amide bonds. The van der Waals surface area contributed by atoms with Gasteiger partial charge in [0.15, 0.2) is 26.2 Å². The molecule has 14 atom stereocenters. The van der Waals surface area contributed by atoms with Crippen LogP contribution >= 0.6 is 0 Å². The molecule has 689 valence electrons. The largest absolute Gasteiger partial charge is 2.00 e. The van der Waals surface area contributed by atoms with Crippen LogP contribution in [-0.4, -0.2) is 201 Å². The normalized spacial score (nSPS) is 44.1. The first-order chi connectivity index (χ1) is 57.3. The number of hydrogen-bond donors (Lipinski definition) is 0. The van der Waals surface area contributed by atoms with Crippen molar-refractivity contribution in [2.45, 2.75) is 477 Å². The minimum atomic E-state index is -4.55. The molecule has 20 rings (SSSR count). The van der Waals surface area contributed by atoms with E-state index in [2.05, 4.69) is 57.9 Å². The van der Waals surface area contributed by atoms with Gasteiger partial charge in [-0.1, -0.05) is 198 Å². The van der Waals surface area contributed by atoms with Crippen LogP contribution in [0.1, 0.15) is 360 Å². The van der Waals surface area contributed by atoms with Crippen molar-refractivity contribution >= 4 is 195 Å². The van der Waals surface area contributed by atoms with Gasteiger partial charge >= 0.3 is 136 Å². The maximum absolute atomic E-state index is 17.2. The van der Waals surface area contributed by atoms with E-state index in [0.717, 1.165) is 360 Å². The van der Waals surface area contributed by atoms with Crippen LogP contribution in [0.25, 0.3) is 0 Å². The second-order valence-corrected chi connectivity index (χ2v) is 94.5. The molecule has 1 radical (unpaired) electrons. The number of allylic oxidation sites excluding steroid dienone is 2. The van der Waals surface area contributed by atoms with Crippen molar-refractivity contribution in [3.63, 3.8) is 0 Å². The molecular formula is C79H147O24PtSi16Tl2-2. The van der Waals surface area contributed by atoms with E-state index in [9.17, 15) is 0 Å². The molecule has 122 heavy (non-hydrogen) atoms. The second-order valence-electron chi connectivity index (χ2n) is 42.6. The summed E-state index contributed by atoms with van der Waals surface area (Å²) in [6.45, 7) is 13.4. The Balaban J connectivity index is 0.000000181. The number of hydrogen-bond acceptors (Lipinski definition) is 24. The molecule has 24 nitrogen and oxygen atoms in total. The van der Waals surface area contributed by atoms with Crippen LogP contribution in [0.5, 0.6) is 0 Å². The van der Waals surface area contributed by atoms with Crippen molar-refractivity contribution in [1.29, 1.82) is 0 Å². The summed E-state index contributed by atoms with van der Waals surface area (Å²) < 4.78 is 167. The van der Waals surface area contributed by atoms with E-state index < -0.39 is 141 Å². The molecule has 6 heterocycles. The molecule has 8 bridgehead atoms. The third kappa shape index (κ3) is 20.4. The topological polar surface area (TPSA) is 263 Å². The van der Waals surface area contributed by atoms with E-state index >= 15 is 14.4 Å². The molecule has 0 spiro atoms. The summed E-state index contributed by atoms with van der Waals surface area (Å²) >= 11 is 0. The van der Waals surface area contributed by atoms with Gasteiger partial charge in [-0.3, -0.25) is 0 Å². The monoisotopic (exact) mass is 2530 g/mol. The van der Waals surface area contributed by atoms with Gasteiger partial charge in [-0.15, -0.1) is 0 Å². The third-order valence-corrected chi connectivity index (χ3v) is 99.7. The third-order valence-electron chi connectivity index (χ3n) is 31.8. The zero-order valence-corrected chi connectivity index (χ0v) is 102. The van der Waals surface area contributed by atoms with E-state index in [1.807, 2.05) is 0 Å². The van der Waals surface area contributed by atoms with Gasteiger partial charge in [0, 0.05) is 82.7 Å². The summed E-state index contributed by atoms with van der Waals surface area (Å²) in [7, 11) is -61.6. The molecule has 19 fully saturated rings. The van der Waals surface area contributed by atoms with Gasteiger partial charge in [-0.2, -0.15) is 6.42 Å². The van der Waals surface area contributed by atoms with Crippen molar-refractivity contribution in [3.05, 3.63) is 18.6 Å². The van der Waals surface area contributed by atoms with Gasteiger partial charge in [0.25, 0.3) is 0 Å². The Kier molecular flexibility index (Phi) is 33.2. The first kappa shape index (κ1) is 99.8. The molecule has 6 saturated heterocycles. The van der Waals surface area contributed by atoms with Gasteiger partial charge < -0.3 is 108 Å². The maximum atomic E-state index is 17.2. The minimum absolute atomic E-state index is 0. The van der Waals surface area contributed by atoms with Crippen LogP contribution in [0, 0.1) is 6.42 Å². The van der Waals surface area contributed by atoms with Crippen LogP contribution in [-0.2, 0) is 108 Å². The smallest absolute Gasteiger partial charge is 0.819 e. The molecule has 0 N–H and O–H groups in total. The fourth-order valence-electron chi connectivity index (χ4n) is 25.9. The van der Waals surface area contributed by atoms with Crippen LogP contribution in [0.15, 0.2) is 12.2 Å². The Morgan fingerprint density at radius 3 is 0.861 bits per heavy atom. The predicted molar refractivity (Wildman–Crippen MR) is 486 cm³/mol. The van der Waals surface area contributed by atoms with Gasteiger partial charge in [0.05, 0.1) is 0 Å². The first-order valence-electron chi connectivity index (χ1n) is 49.4. The molecule has 0 unspecified atom stereocenters. The van der Waals surface area contributed by atoms with E-state index in [4.69, 9.17) is 86.7 Å². The zero-order chi connectivity index (χ0) is 81.7. The Morgan fingerprint density at radius 2 is 0.508 bits per heavy atom. The summed E-state index contributed by atoms with van der Waals surface area (Å²) in [4.78, 5) is 49.6. The average molecular weight is 2530 g/mol. The van der Waals surface area contributed by atoms with Crippen LogP contribution in [0.2, 0.25) is 111 Å². The molecule has 14 aliphatic carbocycles. The van der Waals surface area contributed by atoms with Crippen LogP contribution < -0.4 is 14.4 Å². The Morgan fingerprint density at radius 1 is 0.270 bits per heavy atom. The molecule has 20 aliphatic rings. The van der Waals surface area contributed by atoms with E-state index in [-0.39, 0.29) is 154 Å². The van der Waals surface area contributed by atoms with Gasteiger partial charge in [0.1, 0.15) is 0 Å². The number of fused-ring (bicyclic) bond motifs is 6. The van der Waals surface area contributed by atoms with Crippen molar-refractivity contribution < 1.29 is 122 Å². The Bertz CT molecular complexity index is 3460. The van der Waals surface area contributed by atoms with Crippen LogP contribution in [0.4, 0.5) is 0 Å². The predicted octanol–water partition coefficient (Wildman–Crippen LogP) is 18.6. The Hall–Kier alpha value is 4.78. The van der Waals surface area contributed by atoms with E-state index in [0.29, 0.717) is 0 Å².